The number of quaternary nitrogens is 1. The molecule has 0 radical (unpaired) electrons. The Hall–Kier alpha value is -2.66. The van der Waals surface area contributed by atoms with Crippen molar-refractivity contribution in [1.82, 2.24) is 4.98 Å². The number of aliphatic carboxylic acids is 1. The zero-order chi connectivity index (χ0) is 16.0. The maximum absolute atomic E-state index is 13.6. The number of H-pyrrole nitrogens is 1. The quantitative estimate of drug-likeness (QED) is 0.729. The van der Waals surface area contributed by atoms with Crippen molar-refractivity contribution in [3.63, 3.8) is 0 Å². The number of rotatable bonds is 2. The van der Waals surface area contributed by atoms with Crippen molar-refractivity contribution < 1.29 is 19.6 Å². The molecule has 1 aromatic heterocycles. The van der Waals surface area contributed by atoms with Gasteiger partial charge >= 0.3 is 0 Å². The largest absolute Gasteiger partial charge is 0.544 e. The van der Waals surface area contributed by atoms with Gasteiger partial charge in [0.1, 0.15) is 11.9 Å². The maximum Gasteiger partial charge on any atom is 0.153 e. The average Bonchev–Trinajstić information content (AvgIpc) is 2.92. The van der Waals surface area contributed by atoms with Crippen LogP contribution in [0.2, 0.25) is 0 Å². The number of carboxylic acid groups (broad SMARTS) is 1. The number of benzene rings is 2. The maximum atomic E-state index is 13.6. The molecule has 23 heavy (non-hydrogen) atoms. The third kappa shape index (κ3) is 2.29. The molecule has 1 aliphatic heterocycles. The molecule has 2 atom stereocenters. The van der Waals surface area contributed by atoms with Crippen molar-refractivity contribution in [2.75, 3.05) is 0 Å². The van der Waals surface area contributed by atoms with Crippen LogP contribution in [-0.4, -0.2) is 17.0 Å². The number of nitrogens with one attached hydrogen (secondary N) is 1. The standard InChI is InChI=1S/C18H15FN2O2/c19-11-5-3-4-10(8-11)16-17-13(9-15(21-16)18(22)23)12-6-1-2-7-14(12)20-17/h1-8,15-16,20-21H,9H2,(H,22,23)/t15-,16+/m0/s1. The highest BCUT2D eigenvalue weighted by molar-refractivity contribution is 5.86. The van der Waals surface area contributed by atoms with Gasteiger partial charge in [-0.25, -0.2) is 4.39 Å². The minimum atomic E-state index is -1.10. The van der Waals surface area contributed by atoms with Gasteiger partial charge in [0.15, 0.2) is 6.04 Å². The van der Waals surface area contributed by atoms with Gasteiger partial charge in [-0.05, 0) is 23.8 Å². The van der Waals surface area contributed by atoms with E-state index in [9.17, 15) is 14.3 Å². The minimum absolute atomic E-state index is 0.287. The Morgan fingerprint density at radius 1 is 1.22 bits per heavy atom. The molecule has 0 unspecified atom stereocenters. The molecule has 2 heterocycles. The van der Waals surface area contributed by atoms with Crippen LogP contribution in [0, 0.1) is 5.82 Å². The van der Waals surface area contributed by atoms with E-state index in [0.29, 0.717) is 6.42 Å². The lowest BCUT2D eigenvalue weighted by Gasteiger charge is -2.28. The molecule has 0 saturated heterocycles. The van der Waals surface area contributed by atoms with Crippen LogP contribution >= 0.6 is 0 Å². The summed E-state index contributed by atoms with van der Waals surface area (Å²) < 4.78 is 13.6. The van der Waals surface area contributed by atoms with Gasteiger partial charge in [-0.3, -0.25) is 0 Å². The highest BCUT2D eigenvalue weighted by Gasteiger charge is 2.34. The molecule has 0 aliphatic carbocycles. The zero-order valence-electron chi connectivity index (χ0n) is 12.3. The van der Waals surface area contributed by atoms with Gasteiger partial charge < -0.3 is 20.2 Å². The highest BCUT2D eigenvalue weighted by Crippen LogP contribution is 2.31. The third-order valence-electron chi connectivity index (χ3n) is 4.52. The second-order valence-electron chi connectivity index (χ2n) is 5.92. The second-order valence-corrected chi connectivity index (χ2v) is 5.92. The number of halogens is 1. The Bertz CT molecular complexity index is 903. The fourth-order valence-corrected chi connectivity index (χ4v) is 3.46. The van der Waals surface area contributed by atoms with Crippen LogP contribution in [0.4, 0.5) is 4.39 Å². The summed E-state index contributed by atoms with van der Waals surface area (Å²) in [5.41, 5.74) is 3.62. The second kappa shape index (κ2) is 5.21. The lowest BCUT2D eigenvalue weighted by atomic mass is 9.90. The summed E-state index contributed by atoms with van der Waals surface area (Å²) in [7, 11) is 0. The molecular weight excluding hydrogens is 295 g/mol. The number of carbonyl (C=O) groups is 1. The average molecular weight is 310 g/mol. The first-order valence-electron chi connectivity index (χ1n) is 7.54. The van der Waals surface area contributed by atoms with Gasteiger partial charge in [0.2, 0.25) is 0 Å². The molecule has 0 spiro atoms. The Kier molecular flexibility index (Phi) is 3.16. The van der Waals surface area contributed by atoms with Crippen LogP contribution in [0.3, 0.4) is 0 Å². The van der Waals surface area contributed by atoms with E-state index in [1.165, 1.54) is 12.1 Å². The van der Waals surface area contributed by atoms with Gasteiger partial charge in [-0.15, -0.1) is 0 Å². The van der Waals surface area contributed by atoms with E-state index in [2.05, 4.69) is 4.98 Å². The van der Waals surface area contributed by atoms with Crippen molar-refractivity contribution in [3.05, 3.63) is 71.2 Å². The third-order valence-corrected chi connectivity index (χ3v) is 4.52. The van der Waals surface area contributed by atoms with E-state index in [0.717, 1.165) is 27.7 Å². The molecule has 116 valence electrons. The summed E-state index contributed by atoms with van der Waals surface area (Å²) in [6.07, 6.45) is 0.396. The molecule has 4 nitrogen and oxygen atoms in total. The Labute approximate surface area is 132 Å². The minimum Gasteiger partial charge on any atom is -0.544 e. The summed E-state index contributed by atoms with van der Waals surface area (Å²) in [6.45, 7) is 0. The topological polar surface area (TPSA) is 72.5 Å². The first-order valence-corrected chi connectivity index (χ1v) is 7.54. The predicted molar refractivity (Wildman–Crippen MR) is 81.0 cm³/mol. The number of para-hydroxylation sites is 1. The zero-order valence-corrected chi connectivity index (χ0v) is 12.3. The summed E-state index contributed by atoms with van der Waals surface area (Å²) in [4.78, 5) is 14.8. The summed E-state index contributed by atoms with van der Waals surface area (Å²) in [5.74, 6) is -1.42. The lowest BCUT2D eigenvalue weighted by Crippen LogP contribution is -2.95. The number of carbonyl (C=O) groups excluding carboxylic acids is 1. The number of hydrogen-bond acceptors (Lipinski definition) is 2. The molecule has 1 aliphatic rings. The van der Waals surface area contributed by atoms with E-state index in [1.807, 2.05) is 30.3 Å². The molecule has 2 aromatic carbocycles. The van der Waals surface area contributed by atoms with Gasteiger partial charge in [-0.2, -0.15) is 0 Å². The molecule has 0 saturated carbocycles. The van der Waals surface area contributed by atoms with Crippen LogP contribution in [0.1, 0.15) is 22.9 Å². The van der Waals surface area contributed by atoms with Crippen molar-refractivity contribution >= 4 is 16.9 Å². The van der Waals surface area contributed by atoms with Crippen LogP contribution in [0.15, 0.2) is 48.5 Å². The number of aromatic amines is 1. The van der Waals surface area contributed by atoms with Crippen molar-refractivity contribution in [2.24, 2.45) is 0 Å². The monoisotopic (exact) mass is 310 g/mol. The Balaban J connectivity index is 1.91. The fraction of sp³-hybridized carbons (Fsp3) is 0.167. The van der Waals surface area contributed by atoms with Crippen molar-refractivity contribution in [3.8, 4) is 0 Å². The molecule has 4 rings (SSSR count). The first kappa shape index (κ1) is 14.0. The van der Waals surface area contributed by atoms with Gasteiger partial charge in [0.05, 0.1) is 11.7 Å². The van der Waals surface area contributed by atoms with E-state index in [-0.39, 0.29) is 11.9 Å². The molecule has 5 heteroatoms. The van der Waals surface area contributed by atoms with E-state index >= 15 is 0 Å². The Morgan fingerprint density at radius 2 is 2.04 bits per heavy atom. The molecule has 3 N–H and O–H groups in total. The number of carboxylic acids is 1. The molecular formula is C18H15FN2O2. The van der Waals surface area contributed by atoms with Crippen LogP contribution in [0.25, 0.3) is 10.9 Å². The van der Waals surface area contributed by atoms with Crippen LogP contribution in [0.5, 0.6) is 0 Å². The highest BCUT2D eigenvalue weighted by atomic mass is 19.1. The van der Waals surface area contributed by atoms with Crippen molar-refractivity contribution in [2.45, 2.75) is 18.5 Å². The number of hydrogen-bond donors (Lipinski definition) is 2. The van der Waals surface area contributed by atoms with Crippen molar-refractivity contribution in [1.29, 1.82) is 0 Å². The van der Waals surface area contributed by atoms with Crippen LogP contribution in [-0.2, 0) is 11.2 Å². The van der Waals surface area contributed by atoms with Gasteiger partial charge in [-0.1, -0.05) is 30.3 Å². The lowest BCUT2D eigenvalue weighted by molar-refractivity contribution is -0.717. The van der Waals surface area contributed by atoms with E-state index in [1.54, 1.807) is 11.4 Å². The van der Waals surface area contributed by atoms with Crippen LogP contribution < -0.4 is 10.4 Å². The summed E-state index contributed by atoms with van der Waals surface area (Å²) in [5, 5.41) is 14.2. The smallest absolute Gasteiger partial charge is 0.153 e. The van der Waals surface area contributed by atoms with Gasteiger partial charge in [0.25, 0.3) is 0 Å². The molecule has 3 aromatic rings. The van der Waals surface area contributed by atoms with Gasteiger partial charge in [0, 0.05) is 22.9 Å². The Morgan fingerprint density at radius 3 is 2.83 bits per heavy atom. The molecule has 0 bridgehead atoms. The van der Waals surface area contributed by atoms with E-state index in [4.69, 9.17) is 0 Å². The predicted octanol–water partition coefficient (Wildman–Crippen LogP) is 0.634. The molecule has 0 amide bonds. The number of aromatic nitrogens is 1. The molecule has 0 fully saturated rings. The number of fused-ring (bicyclic) bond motifs is 3. The fourth-order valence-electron chi connectivity index (χ4n) is 3.46. The summed E-state index contributed by atoms with van der Waals surface area (Å²) in [6, 6.07) is 13.1. The normalized spacial score (nSPS) is 20.4. The number of nitrogens with two attached hydrogens (primary N) is 1. The SMILES string of the molecule is O=C([O-])[C@@H]1Cc2c([nH]c3ccccc23)[C@@H](c2cccc(F)c2)[NH2+]1. The summed E-state index contributed by atoms with van der Waals surface area (Å²) >= 11 is 0. The van der Waals surface area contributed by atoms with E-state index < -0.39 is 12.0 Å². The first-order chi connectivity index (χ1) is 11.1.